The van der Waals surface area contributed by atoms with E-state index in [1.807, 2.05) is 6.08 Å². The second-order valence-corrected chi connectivity index (χ2v) is 6.22. The summed E-state index contributed by atoms with van der Waals surface area (Å²) < 4.78 is 5.42. The molecule has 1 nitrogen and oxygen atoms in total. The van der Waals surface area contributed by atoms with Crippen LogP contribution in [0.15, 0.2) is 12.7 Å². The minimum Gasteiger partial charge on any atom is -0.501 e. The van der Waals surface area contributed by atoms with Gasteiger partial charge in [-0.05, 0) is 6.42 Å². The Kier molecular flexibility index (Phi) is 9.47. The topological polar surface area (TPSA) is 9.23 Å². The summed E-state index contributed by atoms with van der Waals surface area (Å²) in [5, 5.41) is 2.62. The number of allylic oxidation sites excluding steroid dienone is 1. The molecule has 1 aliphatic rings. The molecule has 0 aromatic heterocycles. The van der Waals surface area contributed by atoms with Crippen LogP contribution in [0.1, 0.15) is 12.8 Å². The Bertz CT molecular complexity index is 90.1. The minimum atomic E-state index is -0.595. The van der Waals surface area contributed by atoms with Crippen LogP contribution in [0.5, 0.6) is 0 Å². The van der Waals surface area contributed by atoms with Crippen molar-refractivity contribution in [3.63, 3.8) is 0 Å². The summed E-state index contributed by atoms with van der Waals surface area (Å²) in [6.45, 7) is 4.56. The van der Waals surface area contributed by atoms with Crippen LogP contribution in [-0.4, -0.2) is 37.4 Å². The summed E-state index contributed by atoms with van der Waals surface area (Å²) in [5.41, 5.74) is 0. The first kappa shape index (κ1) is 11.8. The third-order valence-electron chi connectivity index (χ3n) is 1.70. The van der Waals surface area contributed by atoms with Gasteiger partial charge in [0.05, 0.1) is 0 Å². The van der Waals surface area contributed by atoms with Crippen LogP contribution in [0.3, 0.4) is 0 Å². The molecule has 62 valence electrons. The zero-order valence-electron chi connectivity index (χ0n) is 7.81. The molecule has 0 aliphatic carbocycles. The lowest BCUT2D eigenvalue weighted by Gasteiger charge is -2.13. The van der Waals surface area contributed by atoms with Gasteiger partial charge in [-0.25, -0.2) is 0 Å². The van der Waals surface area contributed by atoms with E-state index >= 15 is 0 Å². The maximum Gasteiger partial charge on any atom is 0.457 e. The number of hydrogen-bond acceptors (Lipinski definition) is 1. The van der Waals surface area contributed by atoms with Crippen molar-refractivity contribution in [1.29, 1.82) is 0 Å². The van der Waals surface area contributed by atoms with Gasteiger partial charge in [0.25, 0.3) is 0 Å². The first-order valence-electron chi connectivity index (χ1n) is 4.53. The predicted molar refractivity (Wildman–Crippen MR) is 55.2 cm³/mol. The van der Waals surface area contributed by atoms with Gasteiger partial charge in [0, 0.05) is 6.61 Å². The van der Waals surface area contributed by atoms with E-state index in [-0.39, 0.29) is 0 Å². The summed E-state index contributed by atoms with van der Waals surface area (Å²) >= 11 is 0.677. The Morgan fingerprint density at radius 2 is 2.27 bits per heavy atom. The molecule has 1 rings (SSSR count). The van der Waals surface area contributed by atoms with Crippen molar-refractivity contribution in [2.24, 2.45) is 0 Å². The lowest BCUT2D eigenvalue weighted by molar-refractivity contribution is 0.291. The fourth-order valence-electron chi connectivity index (χ4n) is 0.902. The normalized spacial score (nSPS) is 16.6. The average Bonchev–Trinajstić information content (AvgIpc) is 2.07. The lowest BCUT2D eigenvalue weighted by Crippen LogP contribution is -2.18. The Morgan fingerprint density at radius 3 is 2.45 bits per heavy atom. The van der Waals surface area contributed by atoms with Gasteiger partial charge in [0.1, 0.15) is 0 Å². The first-order chi connectivity index (χ1) is 5.31. The molecule has 0 N–H and O–H groups in total. The molecule has 1 saturated heterocycles. The van der Waals surface area contributed by atoms with Crippen LogP contribution in [0.4, 0.5) is 0 Å². The lowest BCUT2D eigenvalue weighted by atomic mass is 10.4. The molecular weight excluding hydrogens is 166 g/mol. The maximum absolute atomic E-state index is 5.42. The minimum absolute atomic E-state index is 0.595. The van der Waals surface area contributed by atoms with Gasteiger partial charge in [-0.2, -0.15) is 0 Å². The third kappa shape index (κ3) is 8.67. The fraction of sp³-hybridized carbons (Fsp3) is 0.750. The van der Waals surface area contributed by atoms with Gasteiger partial charge < -0.3 is 3.79 Å². The van der Waals surface area contributed by atoms with E-state index in [1.54, 1.807) is 0 Å². The van der Waals surface area contributed by atoms with Crippen molar-refractivity contribution in [3.05, 3.63) is 12.7 Å². The summed E-state index contributed by atoms with van der Waals surface area (Å²) in [7, 11) is 0. The SMILES string of the molecule is C=C[CH2][AlH2].[CH3][Al]1[CH2]CCC[O]1. The molecule has 11 heavy (non-hydrogen) atoms. The molecule has 1 heterocycles. The zero-order valence-corrected chi connectivity index (χ0v) is 11.0. The summed E-state index contributed by atoms with van der Waals surface area (Å²) in [5.74, 6) is 2.28. The van der Waals surface area contributed by atoms with Crippen LogP contribution in [0.25, 0.3) is 0 Å². The first-order valence-corrected chi connectivity index (χ1v) is 8.39. The molecule has 0 spiro atoms. The molecule has 0 radical (unpaired) electrons. The maximum atomic E-state index is 5.42. The fourth-order valence-corrected chi connectivity index (χ4v) is 2.50. The van der Waals surface area contributed by atoms with Gasteiger partial charge in [-0.3, -0.25) is 0 Å². The van der Waals surface area contributed by atoms with Crippen molar-refractivity contribution < 1.29 is 3.79 Å². The molecule has 0 amide bonds. The van der Waals surface area contributed by atoms with Crippen LogP contribution in [0, 0.1) is 0 Å². The summed E-state index contributed by atoms with van der Waals surface area (Å²) in [4.78, 5) is 0. The highest BCUT2D eigenvalue weighted by Gasteiger charge is 2.15. The van der Waals surface area contributed by atoms with Gasteiger partial charge in [-0.15, -0.1) is 12.7 Å². The molecule has 1 aliphatic heterocycles. The quantitative estimate of drug-likeness (QED) is 0.444. The van der Waals surface area contributed by atoms with E-state index in [9.17, 15) is 0 Å². The molecule has 0 atom stereocenters. The van der Waals surface area contributed by atoms with E-state index in [1.165, 1.54) is 39.7 Å². The molecule has 0 saturated carbocycles. The second-order valence-electron chi connectivity index (χ2n) is 2.87. The molecular formula is C8H18Al2O. The largest absolute Gasteiger partial charge is 0.501 e. The molecule has 3 heteroatoms. The number of rotatable bonds is 1. The van der Waals surface area contributed by atoms with Crippen molar-refractivity contribution in [3.8, 4) is 0 Å². The van der Waals surface area contributed by atoms with E-state index < -0.39 is 14.5 Å². The molecule has 0 aromatic carbocycles. The van der Waals surface area contributed by atoms with Gasteiger partial charge in [0.15, 0.2) is 0 Å². The number of hydrogen-bond donors (Lipinski definition) is 0. The second kappa shape index (κ2) is 8.86. The van der Waals surface area contributed by atoms with E-state index in [0.29, 0.717) is 0 Å². The van der Waals surface area contributed by atoms with Crippen LogP contribution in [0.2, 0.25) is 16.4 Å². The van der Waals surface area contributed by atoms with E-state index in [2.05, 4.69) is 12.4 Å². The van der Waals surface area contributed by atoms with Crippen molar-refractivity contribution in [1.82, 2.24) is 0 Å². The van der Waals surface area contributed by atoms with E-state index in [4.69, 9.17) is 3.79 Å². The molecule has 0 aromatic rings. The van der Waals surface area contributed by atoms with Crippen LogP contribution >= 0.6 is 0 Å². The smallest absolute Gasteiger partial charge is 0.457 e. The van der Waals surface area contributed by atoms with Crippen molar-refractivity contribution in [2.45, 2.75) is 29.2 Å². The highest BCUT2D eigenvalue weighted by Crippen LogP contribution is 2.09. The summed E-state index contributed by atoms with van der Waals surface area (Å²) in [6.07, 6.45) is 4.66. The van der Waals surface area contributed by atoms with Crippen molar-refractivity contribution in [2.75, 3.05) is 6.61 Å². The Hall–Kier alpha value is 0.765. The summed E-state index contributed by atoms with van der Waals surface area (Å²) in [6, 6.07) is 0. The zero-order chi connectivity index (χ0) is 8.53. The third-order valence-corrected chi connectivity index (χ3v) is 4.30. The molecule has 0 unspecified atom stereocenters. The highest BCUT2D eigenvalue weighted by molar-refractivity contribution is 6.50. The Balaban J connectivity index is 0.000000218. The van der Waals surface area contributed by atoms with E-state index in [0.717, 1.165) is 6.61 Å². The van der Waals surface area contributed by atoms with Gasteiger partial charge >= 0.3 is 14.5 Å². The highest BCUT2D eigenvalue weighted by atomic mass is 27.2. The average molecular weight is 184 g/mol. The Morgan fingerprint density at radius 1 is 1.64 bits per heavy atom. The molecule has 0 bridgehead atoms. The predicted octanol–water partition coefficient (Wildman–Crippen LogP) is 1.64. The van der Waals surface area contributed by atoms with Crippen LogP contribution < -0.4 is 0 Å². The molecule has 1 fully saturated rings. The van der Waals surface area contributed by atoms with Gasteiger partial charge in [-0.1, -0.05) is 22.8 Å². The van der Waals surface area contributed by atoms with Gasteiger partial charge in [0.2, 0.25) is 16.3 Å². The standard InChI is InChI=1S/C4H8O.C3H5.CH3.2Al.2H/c1-2-3-4-5;1-3-2;;;;;/h1-4H2;3H,1-2H2;1H3;;;;/q-1;;;;+1;;. The monoisotopic (exact) mass is 184 g/mol. The van der Waals surface area contributed by atoms with Crippen LogP contribution in [-0.2, 0) is 3.79 Å². The van der Waals surface area contributed by atoms with Crippen molar-refractivity contribution >= 4 is 30.8 Å². The Labute approximate surface area is 83.0 Å².